The van der Waals surface area contributed by atoms with Crippen LogP contribution in [-0.4, -0.2) is 54.0 Å². The van der Waals surface area contributed by atoms with Gasteiger partial charge in [0.1, 0.15) is 0 Å². The summed E-state index contributed by atoms with van der Waals surface area (Å²) in [4.78, 5) is 4.88. The molecule has 0 saturated carbocycles. The molecule has 0 amide bonds. The second-order valence-corrected chi connectivity index (χ2v) is 6.22. The molecule has 0 bridgehead atoms. The number of piperazine rings is 1. The van der Waals surface area contributed by atoms with Gasteiger partial charge in [-0.15, -0.1) is 0 Å². The first kappa shape index (κ1) is 13.1. The van der Waals surface area contributed by atoms with E-state index in [1.54, 1.807) is 0 Å². The molecule has 21 heavy (non-hydrogen) atoms. The summed E-state index contributed by atoms with van der Waals surface area (Å²) in [5.74, 6) is 1.44. The van der Waals surface area contributed by atoms with E-state index in [0.717, 1.165) is 55.8 Å². The minimum Gasteiger partial charge on any atom is -0.396 e. The molecule has 0 radical (unpaired) electrons. The fraction of sp³-hybridized carbons (Fsp3) is 0.562. The van der Waals surface area contributed by atoms with E-state index in [4.69, 9.17) is 4.52 Å². The van der Waals surface area contributed by atoms with Gasteiger partial charge in [0, 0.05) is 38.8 Å². The molecule has 1 aromatic heterocycles. The topological polar surface area (TPSA) is 52.7 Å². The number of nitrogens with zero attached hydrogens (tertiary/aromatic N) is 3. The Bertz CT molecular complexity index is 627. The molecular formula is C16H21N3O2. The van der Waals surface area contributed by atoms with Crippen LogP contribution >= 0.6 is 0 Å². The maximum atomic E-state index is 9.34. The fourth-order valence-corrected chi connectivity index (χ4v) is 3.70. The average Bonchev–Trinajstić information content (AvgIpc) is 2.98. The Morgan fingerprint density at radius 2 is 2.10 bits per heavy atom. The van der Waals surface area contributed by atoms with E-state index >= 15 is 0 Å². The molecule has 0 spiro atoms. The zero-order valence-corrected chi connectivity index (χ0v) is 12.1. The number of aliphatic hydroxyl groups is 1. The number of hydrogen-bond acceptors (Lipinski definition) is 5. The second-order valence-electron chi connectivity index (χ2n) is 6.22. The number of benzene rings is 1. The second kappa shape index (κ2) is 5.31. The molecule has 1 aromatic carbocycles. The van der Waals surface area contributed by atoms with Gasteiger partial charge < -0.3 is 14.5 Å². The highest BCUT2D eigenvalue weighted by Crippen LogP contribution is 2.30. The van der Waals surface area contributed by atoms with Crippen LogP contribution in [0.5, 0.6) is 0 Å². The molecule has 112 valence electrons. The molecule has 2 saturated heterocycles. The number of piperidine rings is 1. The van der Waals surface area contributed by atoms with E-state index in [1.165, 1.54) is 0 Å². The Balaban J connectivity index is 1.54. The van der Waals surface area contributed by atoms with Gasteiger partial charge >= 0.3 is 0 Å². The molecule has 5 heteroatoms. The van der Waals surface area contributed by atoms with E-state index in [-0.39, 0.29) is 0 Å². The maximum Gasteiger partial charge on any atom is 0.180 e. The molecule has 1 N–H and O–H groups in total. The first-order valence-corrected chi connectivity index (χ1v) is 7.79. The van der Waals surface area contributed by atoms with Crippen LogP contribution in [0.15, 0.2) is 28.8 Å². The highest BCUT2D eigenvalue weighted by molar-refractivity contribution is 5.88. The van der Waals surface area contributed by atoms with Gasteiger partial charge in [0.25, 0.3) is 0 Å². The monoisotopic (exact) mass is 287 g/mol. The largest absolute Gasteiger partial charge is 0.396 e. The van der Waals surface area contributed by atoms with Crippen molar-refractivity contribution in [1.82, 2.24) is 10.1 Å². The predicted octanol–water partition coefficient (Wildman–Crippen LogP) is 1.72. The smallest absolute Gasteiger partial charge is 0.180 e. The van der Waals surface area contributed by atoms with Gasteiger partial charge in [0.05, 0.1) is 5.39 Å². The van der Waals surface area contributed by atoms with E-state index in [1.807, 2.05) is 18.2 Å². The lowest BCUT2D eigenvalue weighted by Gasteiger charge is -2.46. The zero-order chi connectivity index (χ0) is 14.2. The van der Waals surface area contributed by atoms with Crippen LogP contribution in [0.4, 0.5) is 5.82 Å². The number of hydrogen-bond donors (Lipinski definition) is 1. The quantitative estimate of drug-likeness (QED) is 0.911. The standard InChI is InChI=1S/C16H21N3O2/c20-11-12-5-6-13-10-19(8-7-18(13)9-12)16-14-3-1-2-4-15(14)21-17-16/h1-4,12-13,20H,5-11H2/t12-,13?/m0/s1. The lowest BCUT2D eigenvalue weighted by atomic mass is 9.91. The van der Waals surface area contributed by atoms with Crippen molar-refractivity contribution in [3.05, 3.63) is 24.3 Å². The molecule has 2 fully saturated rings. The zero-order valence-electron chi connectivity index (χ0n) is 12.1. The van der Waals surface area contributed by atoms with Gasteiger partial charge in [-0.3, -0.25) is 4.90 Å². The van der Waals surface area contributed by atoms with Gasteiger partial charge in [0.2, 0.25) is 0 Å². The molecule has 1 unspecified atom stereocenters. The minimum atomic E-state index is 0.320. The lowest BCUT2D eigenvalue weighted by Crippen LogP contribution is -2.57. The molecule has 0 aliphatic carbocycles. The predicted molar refractivity (Wildman–Crippen MR) is 81.4 cm³/mol. The van der Waals surface area contributed by atoms with Crippen LogP contribution < -0.4 is 4.90 Å². The summed E-state index contributed by atoms with van der Waals surface area (Å²) in [5.41, 5.74) is 0.860. The van der Waals surface area contributed by atoms with Crippen molar-refractivity contribution in [2.75, 3.05) is 37.7 Å². The summed E-state index contributed by atoms with van der Waals surface area (Å²) in [6.07, 6.45) is 2.29. The van der Waals surface area contributed by atoms with E-state index in [2.05, 4.69) is 21.0 Å². The van der Waals surface area contributed by atoms with Gasteiger partial charge in [-0.2, -0.15) is 0 Å². The summed E-state index contributed by atoms with van der Waals surface area (Å²) in [7, 11) is 0. The Morgan fingerprint density at radius 3 is 3.00 bits per heavy atom. The molecule has 3 heterocycles. The normalized spacial score (nSPS) is 27.0. The highest BCUT2D eigenvalue weighted by Gasteiger charge is 2.33. The molecular weight excluding hydrogens is 266 g/mol. The van der Waals surface area contributed by atoms with Gasteiger partial charge in [-0.05, 0) is 30.9 Å². The lowest BCUT2D eigenvalue weighted by molar-refractivity contribution is 0.0672. The van der Waals surface area contributed by atoms with Crippen LogP contribution in [0.25, 0.3) is 11.0 Å². The fourth-order valence-electron chi connectivity index (χ4n) is 3.70. The van der Waals surface area contributed by atoms with Gasteiger partial charge in [-0.25, -0.2) is 0 Å². The Morgan fingerprint density at radius 1 is 1.19 bits per heavy atom. The first-order valence-electron chi connectivity index (χ1n) is 7.79. The van der Waals surface area contributed by atoms with Crippen LogP contribution in [0.3, 0.4) is 0 Å². The van der Waals surface area contributed by atoms with E-state index < -0.39 is 0 Å². The van der Waals surface area contributed by atoms with Crippen molar-refractivity contribution in [2.45, 2.75) is 18.9 Å². The van der Waals surface area contributed by atoms with Crippen molar-refractivity contribution < 1.29 is 9.63 Å². The molecule has 2 atom stereocenters. The van der Waals surface area contributed by atoms with Crippen LogP contribution in [0, 0.1) is 5.92 Å². The third-order valence-corrected chi connectivity index (χ3v) is 4.92. The number of anilines is 1. The number of aliphatic hydroxyl groups excluding tert-OH is 1. The van der Waals surface area contributed by atoms with Gasteiger partial charge in [-0.1, -0.05) is 17.3 Å². The number of aromatic nitrogens is 1. The Hall–Kier alpha value is -1.59. The molecule has 2 aliphatic rings. The average molecular weight is 287 g/mol. The van der Waals surface area contributed by atoms with Crippen LogP contribution in [0.2, 0.25) is 0 Å². The number of para-hydroxylation sites is 1. The van der Waals surface area contributed by atoms with Crippen molar-refractivity contribution in [1.29, 1.82) is 0 Å². The molecule has 2 aliphatic heterocycles. The van der Waals surface area contributed by atoms with Crippen LogP contribution in [-0.2, 0) is 0 Å². The van der Waals surface area contributed by atoms with Crippen molar-refractivity contribution in [2.24, 2.45) is 5.92 Å². The first-order chi connectivity index (χ1) is 10.3. The van der Waals surface area contributed by atoms with Crippen LogP contribution in [0.1, 0.15) is 12.8 Å². The summed E-state index contributed by atoms with van der Waals surface area (Å²) in [5, 5.41) is 14.7. The third kappa shape index (κ3) is 2.30. The number of fused-ring (bicyclic) bond motifs is 2. The summed E-state index contributed by atoms with van der Waals surface area (Å²) >= 11 is 0. The molecule has 5 nitrogen and oxygen atoms in total. The van der Waals surface area contributed by atoms with E-state index in [0.29, 0.717) is 18.6 Å². The maximum absolute atomic E-state index is 9.34. The van der Waals surface area contributed by atoms with Gasteiger partial charge in [0.15, 0.2) is 11.4 Å². The summed E-state index contributed by atoms with van der Waals surface area (Å²) < 4.78 is 5.43. The third-order valence-electron chi connectivity index (χ3n) is 4.92. The van der Waals surface area contributed by atoms with Crippen molar-refractivity contribution >= 4 is 16.8 Å². The van der Waals surface area contributed by atoms with Crippen molar-refractivity contribution in [3.63, 3.8) is 0 Å². The summed E-state index contributed by atoms with van der Waals surface area (Å²) in [6.45, 7) is 4.39. The SMILES string of the molecule is OC[C@H]1CCC2CN(c3noc4ccccc34)CCN2C1. The molecule has 4 rings (SSSR count). The van der Waals surface area contributed by atoms with Crippen molar-refractivity contribution in [3.8, 4) is 0 Å². The minimum absolute atomic E-state index is 0.320. The Kier molecular flexibility index (Phi) is 3.31. The summed E-state index contributed by atoms with van der Waals surface area (Å²) in [6, 6.07) is 8.64. The highest BCUT2D eigenvalue weighted by atomic mass is 16.5. The Labute approximate surface area is 124 Å². The van der Waals surface area contributed by atoms with E-state index in [9.17, 15) is 5.11 Å². The number of rotatable bonds is 2. The molecule has 2 aromatic rings.